The van der Waals surface area contributed by atoms with Crippen LogP contribution in [0.3, 0.4) is 0 Å². The second kappa shape index (κ2) is 5.62. The Morgan fingerprint density at radius 1 is 1.09 bits per heavy atom. The van der Waals surface area contributed by atoms with Crippen molar-refractivity contribution in [2.45, 2.75) is 25.7 Å². The first-order chi connectivity index (χ1) is 11.2. The van der Waals surface area contributed by atoms with Gasteiger partial charge in [0.1, 0.15) is 0 Å². The van der Waals surface area contributed by atoms with Crippen LogP contribution in [0, 0.1) is 29.6 Å². The van der Waals surface area contributed by atoms with Crippen molar-refractivity contribution in [3.05, 3.63) is 24.3 Å². The number of allylic oxidation sites excluding steroid dienone is 4. The topological polar surface area (TPSA) is 66.5 Å². The molecule has 1 saturated carbocycles. The van der Waals surface area contributed by atoms with Gasteiger partial charge in [0.15, 0.2) is 0 Å². The molecule has 3 amide bonds. The molecule has 23 heavy (non-hydrogen) atoms. The third-order valence-corrected chi connectivity index (χ3v) is 5.80. The largest absolute Gasteiger partial charge is 0.356 e. The van der Waals surface area contributed by atoms with Crippen LogP contribution in [0.15, 0.2) is 24.3 Å². The fraction of sp³-hybridized carbons (Fsp3) is 0.611. The Bertz CT molecular complexity index is 571. The molecule has 5 heteroatoms. The predicted octanol–water partition coefficient (Wildman–Crippen LogP) is 1.27. The van der Waals surface area contributed by atoms with Gasteiger partial charge in [0.2, 0.25) is 17.7 Å². The zero-order valence-corrected chi connectivity index (χ0v) is 13.1. The Morgan fingerprint density at radius 2 is 1.70 bits per heavy atom. The molecule has 2 fully saturated rings. The highest BCUT2D eigenvalue weighted by atomic mass is 16.2. The summed E-state index contributed by atoms with van der Waals surface area (Å²) in [5.74, 6) is 0.445. The fourth-order valence-corrected chi connectivity index (χ4v) is 4.61. The molecule has 4 aliphatic rings. The number of hydrogen-bond acceptors (Lipinski definition) is 3. The SMILES string of the molecule is O=C(NCCCN1C(=O)C2C3C=CC(C3)C2C1=O)C1CC=CC1. The Balaban J connectivity index is 1.26. The van der Waals surface area contributed by atoms with Gasteiger partial charge in [-0.15, -0.1) is 0 Å². The lowest BCUT2D eigenvalue weighted by atomic mass is 9.85. The van der Waals surface area contributed by atoms with Crippen LogP contribution in [-0.2, 0) is 14.4 Å². The highest BCUT2D eigenvalue weighted by Gasteiger charge is 2.58. The van der Waals surface area contributed by atoms with E-state index in [2.05, 4.69) is 17.5 Å². The smallest absolute Gasteiger partial charge is 0.233 e. The van der Waals surface area contributed by atoms with Crippen molar-refractivity contribution in [1.82, 2.24) is 10.2 Å². The highest BCUT2D eigenvalue weighted by molar-refractivity contribution is 6.06. The van der Waals surface area contributed by atoms with Gasteiger partial charge in [0, 0.05) is 19.0 Å². The number of hydrogen-bond donors (Lipinski definition) is 1. The van der Waals surface area contributed by atoms with Crippen LogP contribution in [0.2, 0.25) is 0 Å². The first-order valence-corrected chi connectivity index (χ1v) is 8.63. The van der Waals surface area contributed by atoms with Gasteiger partial charge < -0.3 is 5.32 Å². The van der Waals surface area contributed by atoms with Crippen molar-refractivity contribution in [2.24, 2.45) is 29.6 Å². The molecule has 4 rings (SSSR count). The van der Waals surface area contributed by atoms with Crippen molar-refractivity contribution < 1.29 is 14.4 Å². The molecule has 4 unspecified atom stereocenters. The summed E-state index contributed by atoms with van der Waals surface area (Å²) in [7, 11) is 0. The molecule has 0 aromatic heterocycles. The maximum absolute atomic E-state index is 12.5. The number of likely N-dealkylation sites (tertiary alicyclic amines) is 1. The second-order valence-corrected chi connectivity index (χ2v) is 7.11. The number of carbonyl (C=O) groups excluding carboxylic acids is 3. The van der Waals surface area contributed by atoms with Gasteiger partial charge in [-0.2, -0.15) is 0 Å². The van der Waals surface area contributed by atoms with Gasteiger partial charge in [-0.3, -0.25) is 19.3 Å². The number of amides is 3. The summed E-state index contributed by atoms with van der Waals surface area (Å²) in [4.78, 5) is 38.4. The highest BCUT2D eigenvalue weighted by Crippen LogP contribution is 2.52. The maximum Gasteiger partial charge on any atom is 0.233 e. The molecule has 5 nitrogen and oxygen atoms in total. The number of fused-ring (bicyclic) bond motifs is 5. The molecule has 0 radical (unpaired) electrons. The van der Waals surface area contributed by atoms with Crippen LogP contribution in [0.25, 0.3) is 0 Å². The van der Waals surface area contributed by atoms with E-state index >= 15 is 0 Å². The third-order valence-electron chi connectivity index (χ3n) is 5.80. The number of imide groups is 1. The van der Waals surface area contributed by atoms with Gasteiger partial charge in [-0.1, -0.05) is 24.3 Å². The summed E-state index contributed by atoms with van der Waals surface area (Å²) in [5, 5.41) is 2.92. The predicted molar refractivity (Wildman–Crippen MR) is 83.9 cm³/mol. The first kappa shape index (κ1) is 14.7. The Morgan fingerprint density at radius 3 is 2.30 bits per heavy atom. The summed E-state index contributed by atoms with van der Waals surface area (Å²) in [6, 6.07) is 0. The van der Waals surface area contributed by atoms with E-state index in [4.69, 9.17) is 0 Å². The van der Waals surface area contributed by atoms with Crippen LogP contribution in [0.1, 0.15) is 25.7 Å². The number of nitrogens with zero attached hydrogens (tertiary/aromatic N) is 1. The van der Waals surface area contributed by atoms with E-state index < -0.39 is 0 Å². The molecule has 0 aromatic carbocycles. The van der Waals surface area contributed by atoms with Crippen molar-refractivity contribution in [2.75, 3.05) is 13.1 Å². The first-order valence-electron chi connectivity index (χ1n) is 8.63. The molecule has 0 aromatic rings. The molecule has 1 heterocycles. The minimum absolute atomic E-state index is 0.00293. The quantitative estimate of drug-likeness (QED) is 0.472. The lowest BCUT2D eigenvalue weighted by molar-refractivity contribution is -0.140. The van der Waals surface area contributed by atoms with Crippen LogP contribution < -0.4 is 5.32 Å². The molecule has 1 saturated heterocycles. The van der Waals surface area contributed by atoms with Crippen molar-refractivity contribution in [3.63, 3.8) is 0 Å². The van der Waals surface area contributed by atoms with E-state index in [1.54, 1.807) is 0 Å². The molecule has 2 bridgehead atoms. The van der Waals surface area contributed by atoms with Gasteiger partial charge in [0.05, 0.1) is 11.8 Å². The van der Waals surface area contributed by atoms with Crippen molar-refractivity contribution in [3.8, 4) is 0 Å². The zero-order chi connectivity index (χ0) is 16.0. The molecule has 3 aliphatic carbocycles. The van der Waals surface area contributed by atoms with Crippen LogP contribution >= 0.6 is 0 Å². The molecule has 122 valence electrons. The normalized spacial score (nSPS) is 34.7. The van der Waals surface area contributed by atoms with Crippen LogP contribution in [0.5, 0.6) is 0 Å². The maximum atomic E-state index is 12.5. The summed E-state index contributed by atoms with van der Waals surface area (Å²) in [6.07, 6.45) is 11.5. The van der Waals surface area contributed by atoms with Gasteiger partial charge in [0.25, 0.3) is 0 Å². The number of nitrogens with one attached hydrogen (secondary N) is 1. The zero-order valence-electron chi connectivity index (χ0n) is 13.1. The lowest BCUT2D eigenvalue weighted by Gasteiger charge is -2.17. The van der Waals surface area contributed by atoms with E-state index in [-0.39, 0.29) is 47.3 Å². The lowest BCUT2D eigenvalue weighted by Crippen LogP contribution is -2.36. The second-order valence-electron chi connectivity index (χ2n) is 7.11. The minimum atomic E-state index is -0.114. The van der Waals surface area contributed by atoms with E-state index in [0.29, 0.717) is 19.5 Å². The standard InChI is InChI=1S/C18H22N2O3/c21-16(11-4-1-2-5-11)19-8-3-9-20-17(22)14-12-6-7-13(10-12)15(14)18(20)23/h1-2,6-7,11-15H,3-5,8-10H2,(H,19,21). The summed E-state index contributed by atoms with van der Waals surface area (Å²) in [6.45, 7) is 0.945. The minimum Gasteiger partial charge on any atom is -0.356 e. The summed E-state index contributed by atoms with van der Waals surface area (Å²) < 4.78 is 0. The van der Waals surface area contributed by atoms with Crippen LogP contribution in [-0.4, -0.2) is 35.7 Å². The molecular formula is C18H22N2O3. The number of rotatable bonds is 5. The van der Waals surface area contributed by atoms with Gasteiger partial charge in [-0.25, -0.2) is 0 Å². The number of carbonyl (C=O) groups is 3. The van der Waals surface area contributed by atoms with Gasteiger partial charge in [-0.05, 0) is 37.5 Å². The van der Waals surface area contributed by atoms with E-state index in [1.807, 2.05) is 12.2 Å². The molecule has 4 atom stereocenters. The molecule has 1 aliphatic heterocycles. The molecular weight excluding hydrogens is 292 g/mol. The fourth-order valence-electron chi connectivity index (χ4n) is 4.61. The third kappa shape index (κ3) is 2.33. The van der Waals surface area contributed by atoms with E-state index in [0.717, 1.165) is 19.3 Å². The van der Waals surface area contributed by atoms with Crippen molar-refractivity contribution in [1.29, 1.82) is 0 Å². The summed E-state index contributed by atoms with van der Waals surface area (Å²) >= 11 is 0. The Kier molecular flexibility index (Phi) is 3.58. The van der Waals surface area contributed by atoms with E-state index in [9.17, 15) is 14.4 Å². The molecule has 1 N–H and O–H groups in total. The molecule has 0 spiro atoms. The van der Waals surface area contributed by atoms with Crippen LogP contribution in [0.4, 0.5) is 0 Å². The van der Waals surface area contributed by atoms with Crippen molar-refractivity contribution >= 4 is 17.7 Å². The van der Waals surface area contributed by atoms with Gasteiger partial charge >= 0.3 is 0 Å². The monoisotopic (exact) mass is 314 g/mol. The average molecular weight is 314 g/mol. The Labute approximate surface area is 135 Å². The van der Waals surface area contributed by atoms with E-state index in [1.165, 1.54) is 4.90 Å². The average Bonchev–Trinajstić information content (AvgIpc) is 3.30. The Hall–Kier alpha value is -1.91. The summed E-state index contributed by atoms with van der Waals surface area (Å²) in [5.41, 5.74) is 0.